The number of aryl methyl sites for hydroxylation is 2. The Bertz CT molecular complexity index is 1240. The maximum Gasteiger partial charge on any atom is 0.293 e. The van der Waals surface area contributed by atoms with Gasteiger partial charge in [0.1, 0.15) is 17.9 Å². The van der Waals surface area contributed by atoms with Gasteiger partial charge in [-0.05, 0) is 31.0 Å². The first-order valence-corrected chi connectivity index (χ1v) is 9.37. The fourth-order valence-corrected chi connectivity index (χ4v) is 3.23. The number of hydrogen-bond acceptors (Lipinski definition) is 4. The number of nitrogens with one attached hydrogen (secondary N) is 1. The van der Waals surface area contributed by atoms with E-state index in [9.17, 15) is 9.59 Å². The van der Waals surface area contributed by atoms with Crippen molar-refractivity contribution in [2.45, 2.75) is 26.9 Å². The zero-order valence-electron chi connectivity index (χ0n) is 16.3. The molecule has 0 radical (unpaired) electrons. The number of carbonyl (C=O) groups excluding carboxylic acids is 1. The first kappa shape index (κ1) is 18.6. The molecule has 0 saturated carbocycles. The van der Waals surface area contributed by atoms with Crippen LogP contribution < -0.4 is 10.9 Å². The molecule has 0 atom stereocenters. The van der Waals surface area contributed by atoms with Gasteiger partial charge in [0.25, 0.3) is 5.56 Å². The molecule has 7 nitrogen and oxygen atoms in total. The van der Waals surface area contributed by atoms with Crippen LogP contribution in [0.1, 0.15) is 17.0 Å². The lowest BCUT2D eigenvalue weighted by atomic mass is 10.1. The Morgan fingerprint density at radius 1 is 1.00 bits per heavy atom. The standard InChI is InChI=1S/C22H21N5O2/c1-15-8-6-7-11-18(15)13-23-21(28)14-26-22(29)20-12-19(17-9-4-3-5-10-17)25-27(20)16(2)24-26/h3-12H,13-14H2,1-2H3,(H,23,28). The summed E-state index contributed by atoms with van der Waals surface area (Å²) in [5.74, 6) is 0.267. The van der Waals surface area contributed by atoms with Crippen LogP contribution in [0.15, 0.2) is 65.5 Å². The molecule has 0 aliphatic heterocycles. The third-order valence-electron chi connectivity index (χ3n) is 4.84. The lowest BCUT2D eigenvalue weighted by Crippen LogP contribution is -2.34. The van der Waals surface area contributed by atoms with Crippen molar-refractivity contribution in [2.75, 3.05) is 0 Å². The number of rotatable bonds is 5. The van der Waals surface area contributed by atoms with Gasteiger partial charge in [-0.25, -0.2) is 9.20 Å². The van der Waals surface area contributed by atoms with Crippen molar-refractivity contribution < 1.29 is 4.79 Å². The van der Waals surface area contributed by atoms with Crippen LogP contribution >= 0.6 is 0 Å². The molecule has 2 heterocycles. The summed E-state index contributed by atoms with van der Waals surface area (Å²) in [4.78, 5) is 25.2. The number of hydrogen-bond donors (Lipinski definition) is 1. The third kappa shape index (κ3) is 3.80. The van der Waals surface area contributed by atoms with Crippen LogP contribution in [0.4, 0.5) is 0 Å². The van der Waals surface area contributed by atoms with E-state index in [1.807, 2.05) is 61.5 Å². The molecule has 0 saturated heterocycles. The van der Waals surface area contributed by atoms with Crippen molar-refractivity contribution in [1.82, 2.24) is 24.7 Å². The molecule has 29 heavy (non-hydrogen) atoms. The molecule has 0 unspecified atom stereocenters. The second kappa shape index (κ2) is 7.71. The lowest BCUT2D eigenvalue weighted by Gasteiger charge is -2.09. The number of nitrogens with zero attached hydrogens (tertiary/aromatic N) is 4. The third-order valence-corrected chi connectivity index (χ3v) is 4.84. The molecule has 0 fully saturated rings. The minimum Gasteiger partial charge on any atom is -0.350 e. The largest absolute Gasteiger partial charge is 0.350 e. The molecule has 2 aromatic carbocycles. The summed E-state index contributed by atoms with van der Waals surface area (Å²) in [6.07, 6.45) is 0. The number of benzene rings is 2. The molecule has 0 bridgehead atoms. The van der Waals surface area contributed by atoms with Crippen molar-refractivity contribution in [3.05, 3.63) is 88.0 Å². The molecule has 0 spiro atoms. The van der Waals surface area contributed by atoms with E-state index in [4.69, 9.17) is 0 Å². The van der Waals surface area contributed by atoms with E-state index in [-0.39, 0.29) is 18.0 Å². The Balaban J connectivity index is 1.58. The molecule has 4 rings (SSSR count). The Labute approximate surface area is 167 Å². The molecular weight excluding hydrogens is 366 g/mol. The Morgan fingerprint density at radius 3 is 2.48 bits per heavy atom. The van der Waals surface area contributed by atoms with Crippen LogP contribution in [-0.2, 0) is 17.9 Å². The predicted molar refractivity (Wildman–Crippen MR) is 110 cm³/mol. The van der Waals surface area contributed by atoms with Gasteiger partial charge in [0.15, 0.2) is 0 Å². The SMILES string of the molecule is Cc1ccccc1CNC(=O)Cn1nc(C)n2nc(-c3ccccc3)cc2c1=O. The molecule has 7 heteroatoms. The zero-order valence-corrected chi connectivity index (χ0v) is 16.3. The van der Waals surface area contributed by atoms with Crippen LogP contribution in [0, 0.1) is 13.8 Å². The topological polar surface area (TPSA) is 81.3 Å². The summed E-state index contributed by atoms with van der Waals surface area (Å²) in [5, 5.41) is 11.6. The molecular formula is C22H21N5O2. The van der Waals surface area contributed by atoms with Gasteiger partial charge in [-0.1, -0.05) is 54.6 Å². The van der Waals surface area contributed by atoms with Gasteiger partial charge in [-0.15, -0.1) is 0 Å². The maximum atomic E-state index is 12.8. The van der Waals surface area contributed by atoms with Gasteiger partial charge in [0.05, 0.1) is 5.69 Å². The second-order valence-corrected chi connectivity index (χ2v) is 6.91. The van der Waals surface area contributed by atoms with Crippen LogP contribution in [-0.4, -0.2) is 25.3 Å². The lowest BCUT2D eigenvalue weighted by molar-refractivity contribution is -0.122. The quantitative estimate of drug-likeness (QED) is 0.570. The highest BCUT2D eigenvalue weighted by Crippen LogP contribution is 2.18. The molecule has 0 aliphatic carbocycles. The molecule has 4 aromatic rings. The Morgan fingerprint density at radius 2 is 1.72 bits per heavy atom. The van der Waals surface area contributed by atoms with E-state index in [0.29, 0.717) is 23.6 Å². The minimum absolute atomic E-state index is 0.145. The van der Waals surface area contributed by atoms with Gasteiger partial charge in [-0.2, -0.15) is 10.2 Å². The maximum absolute atomic E-state index is 12.8. The van der Waals surface area contributed by atoms with E-state index < -0.39 is 0 Å². The van der Waals surface area contributed by atoms with Crippen molar-refractivity contribution in [3.63, 3.8) is 0 Å². The first-order valence-electron chi connectivity index (χ1n) is 9.37. The number of carbonyl (C=O) groups is 1. The fourth-order valence-electron chi connectivity index (χ4n) is 3.23. The van der Waals surface area contributed by atoms with Crippen molar-refractivity contribution in [1.29, 1.82) is 0 Å². The fraction of sp³-hybridized carbons (Fsp3) is 0.182. The molecule has 146 valence electrons. The summed E-state index contributed by atoms with van der Waals surface area (Å²) in [5.41, 5.74) is 3.79. The van der Waals surface area contributed by atoms with Gasteiger partial charge >= 0.3 is 0 Å². The summed E-state index contributed by atoms with van der Waals surface area (Å²) in [6, 6.07) is 19.2. The summed E-state index contributed by atoms with van der Waals surface area (Å²) >= 11 is 0. The Kier molecular flexibility index (Phi) is 4.95. The average Bonchev–Trinajstić information content (AvgIpc) is 3.18. The highest BCUT2D eigenvalue weighted by atomic mass is 16.2. The van der Waals surface area contributed by atoms with Crippen molar-refractivity contribution in [3.8, 4) is 11.3 Å². The summed E-state index contributed by atoms with van der Waals surface area (Å²) < 4.78 is 2.71. The van der Waals surface area contributed by atoms with Gasteiger partial charge in [0, 0.05) is 12.1 Å². The first-order chi connectivity index (χ1) is 14.0. The van der Waals surface area contributed by atoms with Gasteiger partial charge in [0.2, 0.25) is 5.91 Å². The number of aromatic nitrogens is 4. The van der Waals surface area contributed by atoms with E-state index in [2.05, 4.69) is 15.5 Å². The van der Waals surface area contributed by atoms with Crippen molar-refractivity contribution in [2.24, 2.45) is 0 Å². The smallest absolute Gasteiger partial charge is 0.293 e. The molecule has 1 amide bonds. The summed E-state index contributed by atoms with van der Waals surface area (Å²) in [7, 11) is 0. The highest BCUT2D eigenvalue weighted by Gasteiger charge is 2.14. The normalized spacial score (nSPS) is 11.0. The van der Waals surface area contributed by atoms with Crippen LogP contribution in [0.2, 0.25) is 0 Å². The van der Waals surface area contributed by atoms with Crippen LogP contribution in [0.25, 0.3) is 16.8 Å². The molecule has 2 aromatic heterocycles. The van der Waals surface area contributed by atoms with E-state index >= 15 is 0 Å². The average molecular weight is 387 g/mol. The van der Waals surface area contributed by atoms with Crippen LogP contribution in [0.5, 0.6) is 0 Å². The second-order valence-electron chi connectivity index (χ2n) is 6.91. The monoisotopic (exact) mass is 387 g/mol. The molecule has 1 N–H and O–H groups in total. The van der Waals surface area contributed by atoms with E-state index in [0.717, 1.165) is 16.7 Å². The van der Waals surface area contributed by atoms with Crippen molar-refractivity contribution >= 4 is 11.4 Å². The number of fused-ring (bicyclic) bond motifs is 1. The molecule has 0 aliphatic rings. The minimum atomic E-state index is -0.351. The highest BCUT2D eigenvalue weighted by molar-refractivity contribution is 5.75. The van der Waals surface area contributed by atoms with Crippen LogP contribution in [0.3, 0.4) is 0 Å². The van der Waals surface area contributed by atoms with Gasteiger partial charge < -0.3 is 5.32 Å². The summed E-state index contributed by atoms with van der Waals surface area (Å²) in [6.45, 7) is 4.02. The van der Waals surface area contributed by atoms with E-state index in [1.54, 1.807) is 13.0 Å². The predicted octanol–water partition coefficient (Wildman–Crippen LogP) is 2.49. The Hall–Kier alpha value is -3.74. The number of amides is 1. The zero-order chi connectivity index (χ0) is 20.4. The van der Waals surface area contributed by atoms with Gasteiger partial charge in [-0.3, -0.25) is 9.59 Å². The van der Waals surface area contributed by atoms with E-state index in [1.165, 1.54) is 9.20 Å².